The Bertz CT molecular complexity index is 1380. The Balaban J connectivity index is 1.41. The number of sulfonamides is 1. The van der Waals surface area contributed by atoms with Crippen LogP contribution in [0.15, 0.2) is 96.2 Å². The third-order valence-electron chi connectivity index (χ3n) is 5.78. The first-order valence-corrected chi connectivity index (χ1v) is 13.0. The zero-order valence-electron chi connectivity index (χ0n) is 20.3. The van der Waals surface area contributed by atoms with Gasteiger partial charge in [0.05, 0.1) is 19.1 Å². The molecule has 4 aromatic rings. The van der Waals surface area contributed by atoms with Crippen molar-refractivity contribution in [1.29, 1.82) is 0 Å². The van der Waals surface area contributed by atoms with E-state index < -0.39 is 10.0 Å². The predicted octanol–water partition coefficient (Wildman–Crippen LogP) is 4.25. The molecular weight excluding hydrogens is 474 g/mol. The molecule has 0 saturated heterocycles. The number of pyridine rings is 1. The lowest BCUT2D eigenvalue weighted by atomic mass is 9.97. The maximum atomic E-state index is 12.9. The van der Waals surface area contributed by atoms with Gasteiger partial charge >= 0.3 is 0 Å². The minimum absolute atomic E-state index is 0.253. The number of hydrogen-bond acceptors (Lipinski definition) is 6. The molecule has 36 heavy (non-hydrogen) atoms. The van der Waals surface area contributed by atoms with Crippen molar-refractivity contribution in [3.63, 3.8) is 0 Å². The van der Waals surface area contributed by atoms with Gasteiger partial charge in [0.2, 0.25) is 10.0 Å². The first-order valence-electron chi connectivity index (χ1n) is 11.5. The highest BCUT2D eigenvalue weighted by atomic mass is 32.2. The third-order valence-corrected chi connectivity index (χ3v) is 7.30. The molecule has 0 fully saturated rings. The first kappa shape index (κ1) is 25.4. The van der Waals surface area contributed by atoms with Gasteiger partial charge in [0.15, 0.2) is 0 Å². The molecule has 1 aromatic heterocycles. The van der Waals surface area contributed by atoms with Gasteiger partial charge in [-0.25, -0.2) is 13.1 Å². The van der Waals surface area contributed by atoms with Crippen LogP contribution in [0.1, 0.15) is 11.1 Å². The quantitative estimate of drug-likeness (QED) is 0.298. The Morgan fingerprint density at radius 2 is 1.50 bits per heavy atom. The van der Waals surface area contributed by atoms with E-state index in [9.17, 15) is 8.42 Å². The molecule has 0 spiro atoms. The lowest BCUT2D eigenvalue weighted by Gasteiger charge is -2.12. The number of methoxy groups -OCH3 is 2. The topological polar surface area (TPSA) is 89.6 Å². The molecule has 0 atom stereocenters. The van der Waals surface area contributed by atoms with Gasteiger partial charge in [-0.05, 0) is 53.1 Å². The summed E-state index contributed by atoms with van der Waals surface area (Å²) in [6, 6.07) is 22.7. The van der Waals surface area contributed by atoms with E-state index in [1.54, 1.807) is 44.8 Å². The molecule has 1 heterocycles. The van der Waals surface area contributed by atoms with Gasteiger partial charge < -0.3 is 14.8 Å². The summed E-state index contributed by atoms with van der Waals surface area (Å²) in [6.45, 7) is 1.30. The van der Waals surface area contributed by atoms with Crippen molar-refractivity contribution in [1.82, 2.24) is 15.0 Å². The van der Waals surface area contributed by atoms with Crippen LogP contribution >= 0.6 is 0 Å². The molecule has 0 aliphatic carbocycles. The molecule has 7 nitrogen and oxygen atoms in total. The maximum Gasteiger partial charge on any atom is 0.241 e. The van der Waals surface area contributed by atoms with Gasteiger partial charge in [-0.2, -0.15) is 0 Å². The minimum Gasteiger partial charge on any atom is -0.497 e. The van der Waals surface area contributed by atoms with Gasteiger partial charge in [0.1, 0.15) is 11.5 Å². The van der Waals surface area contributed by atoms with Crippen LogP contribution in [-0.4, -0.2) is 47.3 Å². The number of nitrogens with one attached hydrogen (secondary N) is 2. The van der Waals surface area contributed by atoms with Crippen molar-refractivity contribution >= 4 is 26.4 Å². The SMILES string of the molecule is COc1ccc(C(=CCNCCNS(=O)(=O)c2cccc3cnccc23)c2ccc(OC)cc2)cc1. The van der Waals surface area contributed by atoms with Gasteiger partial charge in [0.25, 0.3) is 0 Å². The molecule has 0 saturated carbocycles. The zero-order chi connectivity index (χ0) is 25.4. The molecule has 3 aromatic carbocycles. The minimum atomic E-state index is -3.65. The number of ether oxygens (including phenoxy) is 2. The summed E-state index contributed by atoms with van der Waals surface area (Å²) in [5.41, 5.74) is 3.15. The van der Waals surface area contributed by atoms with Crippen molar-refractivity contribution in [3.05, 3.63) is 102 Å². The number of nitrogens with zero attached hydrogens (tertiary/aromatic N) is 1. The smallest absolute Gasteiger partial charge is 0.241 e. The number of fused-ring (bicyclic) bond motifs is 1. The molecule has 8 heteroatoms. The second-order valence-electron chi connectivity index (χ2n) is 8.03. The van der Waals surface area contributed by atoms with E-state index in [0.717, 1.165) is 33.6 Å². The Hall–Kier alpha value is -3.72. The summed E-state index contributed by atoms with van der Waals surface area (Å²) in [5, 5.41) is 4.74. The van der Waals surface area contributed by atoms with E-state index in [2.05, 4.69) is 21.1 Å². The zero-order valence-corrected chi connectivity index (χ0v) is 21.1. The van der Waals surface area contributed by atoms with E-state index in [-0.39, 0.29) is 11.4 Å². The molecule has 0 aliphatic rings. The molecule has 0 amide bonds. The Morgan fingerprint density at radius 1 is 0.861 bits per heavy atom. The molecule has 0 bridgehead atoms. The van der Waals surface area contributed by atoms with Gasteiger partial charge in [-0.15, -0.1) is 0 Å². The van der Waals surface area contributed by atoms with Crippen LogP contribution < -0.4 is 19.5 Å². The average molecular weight is 504 g/mol. The third kappa shape index (κ3) is 6.09. The number of rotatable bonds is 11. The van der Waals surface area contributed by atoms with Crippen LogP contribution in [0.25, 0.3) is 16.3 Å². The molecule has 0 unspecified atom stereocenters. The van der Waals surface area contributed by atoms with Gasteiger partial charge in [0, 0.05) is 42.8 Å². The summed E-state index contributed by atoms with van der Waals surface area (Å²) in [5.74, 6) is 1.58. The van der Waals surface area contributed by atoms with Crippen LogP contribution in [0.3, 0.4) is 0 Å². The molecule has 2 N–H and O–H groups in total. The maximum absolute atomic E-state index is 12.9. The Kier molecular flexibility index (Phi) is 8.32. The monoisotopic (exact) mass is 503 g/mol. The molecular formula is C28H29N3O4S. The highest BCUT2D eigenvalue weighted by Crippen LogP contribution is 2.27. The number of aromatic nitrogens is 1. The summed E-state index contributed by atoms with van der Waals surface area (Å²) in [6.07, 6.45) is 5.35. The van der Waals surface area contributed by atoms with Crippen LogP contribution in [0.4, 0.5) is 0 Å². The lowest BCUT2D eigenvalue weighted by molar-refractivity contribution is 0.414. The Labute approximate surface area is 211 Å². The van der Waals surface area contributed by atoms with Crippen molar-refractivity contribution < 1.29 is 17.9 Å². The average Bonchev–Trinajstić information content (AvgIpc) is 2.92. The lowest BCUT2D eigenvalue weighted by Crippen LogP contribution is -2.32. The van der Waals surface area contributed by atoms with Gasteiger partial charge in [-0.1, -0.05) is 42.5 Å². The van der Waals surface area contributed by atoms with Crippen LogP contribution in [-0.2, 0) is 10.0 Å². The molecule has 0 radical (unpaired) electrons. The second-order valence-corrected chi connectivity index (χ2v) is 9.77. The van der Waals surface area contributed by atoms with Crippen LogP contribution in [0.2, 0.25) is 0 Å². The van der Waals surface area contributed by atoms with E-state index in [1.165, 1.54) is 0 Å². The fourth-order valence-electron chi connectivity index (χ4n) is 3.90. The number of hydrogen-bond donors (Lipinski definition) is 2. The largest absolute Gasteiger partial charge is 0.497 e. The fourth-order valence-corrected chi connectivity index (χ4v) is 5.16. The van der Waals surface area contributed by atoms with Crippen molar-refractivity contribution in [2.45, 2.75) is 4.90 Å². The van der Waals surface area contributed by atoms with E-state index in [0.29, 0.717) is 18.5 Å². The van der Waals surface area contributed by atoms with E-state index in [4.69, 9.17) is 9.47 Å². The van der Waals surface area contributed by atoms with Crippen LogP contribution in [0.5, 0.6) is 11.5 Å². The molecule has 4 rings (SSSR count). The fraction of sp³-hybridized carbons (Fsp3) is 0.179. The first-order chi connectivity index (χ1) is 17.5. The van der Waals surface area contributed by atoms with E-state index >= 15 is 0 Å². The highest BCUT2D eigenvalue weighted by Gasteiger charge is 2.16. The number of benzene rings is 3. The summed E-state index contributed by atoms with van der Waals surface area (Å²) in [7, 11) is -0.359. The van der Waals surface area contributed by atoms with E-state index in [1.807, 2.05) is 54.6 Å². The highest BCUT2D eigenvalue weighted by molar-refractivity contribution is 7.89. The predicted molar refractivity (Wildman–Crippen MR) is 143 cm³/mol. The Morgan fingerprint density at radius 3 is 2.11 bits per heavy atom. The second kappa shape index (κ2) is 11.8. The summed E-state index contributed by atoms with van der Waals surface area (Å²) >= 11 is 0. The molecule has 186 valence electrons. The molecule has 0 aliphatic heterocycles. The van der Waals surface area contributed by atoms with Crippen molar-refractivity contribution in [3.8, 4) is 11.5 Å². The van der Waals surface area contributed by atoms with Crippen LogP contribution in [0, 0.1) is 0 Å². The van der Waals surface area contributed by atoms with Crippen molar-refractivity contribution in [2.24, 2.45) is 0 Å². The standard InChI is InChI=1S/C28H29N3O4S/c1-34-24-10-6-21(7-11-24)26(22-8-12-25(35-2)13-9-22)14-16-29-18-19-31-36(32,33)28-5-3-4-23-20-30-17-15-27(23)28/h3-15,17,20,29,31H,16,18-19H2,1-2H3. The normalized spacial score (nSPS) is 11.3. The van der Waals surface area contributed by atoms with Gasteiger partial charge in [-0.3, -0.25) is 4.98 Å². The van der Waals surface area contributed by atoms with Crippen molar-refractivity contribution in [2.75, 3.05) is 33.9 Å². The summed E-state index contributed by atoms with van der Waals surface area (Å²) in [4.78, 5) is 4.32. The summed E-state index contributed by atoms with van der Waals surface area (Å²) < 4.78 is 39.0.